The summed E-state index contributed by atoms with van der Waals surface area (Å²) in [6.45, 7) is 8.42. The van der Waals surface area contributed by atoms with Gasteiger partial charge in [0.05, 0.1) is 6.10 Å². The van der Waals surface area contributed by atoms with Gasteiger partial charge in [0.2, 0.25) is 0 Å². The Hall–Kier alpha value is -1.02. The van der Waals surface area contributed by atoms with Crippen LogP contribution in [0, 0.1) is 0 Å². The number of hydrogen-bond donors (Lipinski definition) is 1. The molecule has 0 spiro atoms. The number of aliphatic hydroxyl groups is 1. The van der Waals surface area contributed by atoms with Crippen molar-refractivity contribution in [3.63, 3.8) is 0 Å². The quantitative estimate of drug-likeness (QED) is 0.843. The van der Waals surface area contributed by atoms with Crippen molar-refractivity contribution in [2.75, 3.05) is 0 Å². The van der Waals surface area contributed by atoms with Crippen LogP contribution in [0.15, 0.2) is 18.2 Å². The first-order valence-corrected chi connectivity index (χ1v) is 6.44. The van der Waals surface area contributed by atoms with Crippen LogP contribution in [0.25, 0.3) is 0 Å². The van der Waals surface area contributed by atoms with Gasteiger partial charge in [0, 0.05) is 12.0 Å². The number of fused-ring (bicyclic) bond motifs is 1. The smallest absolute Gasteiger partial charge is 0.125 e. The fraction of sp³-hybridized carbons (Fsp3) is 0.600. The summed E-state index contributed by atoms with van der Waals surface area (Å²) in [7, 11) is 0. The van der Waals surface area contributed by atoms with Crippen LogP contribution >= 0.6 is 0 Å². The SMILES string of the molecule is CCC(C)c1ccc2c(c1)C(O)CC(C)(C)O2. The molecule has 2 heteroatoms. The molecule has 0 saturated heterocycles. The minimum Gasteiger partial charge on any atom is -0.487 e. The summed E-state index contributed by atoms with van der Waals surface area (Å²) in [6.07, 6.45) is 1.36. The molecule has 0 aromatic heterocycles. The van der Waals surface area contributed by atoms with Crippen molar-refractivity contribution in [3.05, 3.63) is 29.3 Å². The van der Waals surface area contributed by atoms with Crippen LogP contribution in [0.3, 0.4) is 0 Å². The molecule has 0 bridgehead atoms. The zero-order valence-corrected chi connectivity index (χ0v) is 11.2. The van der Waals surface area contributed by atoms with E-state index >= 15 is 0 Å². The lowest BCUT2D eigenvalue weighted by Crippen LogP contribution is -2.34. The van der Waals surface area contributed by atoms with E-state index in [0.29, 0.717) is 12.3 Å². The molecule has 2 atom stereocenters. The molecule has 1 aliphatic rings. The van der Waals surface area contributed by atoms with Gasteiger partial charge in [0.15, 0.2) is 0 Å². The fourth-order valence-corrected chi connectivity index (χ4v) is 2.38. The van der Waals surface area contributed by atoms with Crippen molar-refractivity contribution in [1.82, 2.24) is 0 Å². The highest BCUT2D eigenvalue weighted by Gasteiger charge is 2.32. The highest BCUT2D eigenvalue weighted by atomic mass is 16.5. The number of benzene rings is 1. The van der Waals surface area contributed by atoms with Crippen molar-refractivity contribution >= 4 is 0 Å². The molecule has 0 saturated carbocycles. The number of rotatable bonds is 2. The molecule has 1 N–H and O–H groups in total. The Labute approximate surface area is 104 Å². The van der Waals surface area contributed by atoms with Gasteiger partial charge in [-0.3, -0.25) is 0 Å². The van der Waals surface area contributed by atoms with Crippen molar-refractivity contribution in [1.29, 1.82) is 0 Å². The van der Waals surface area contributed by atoms with Crippen molar-refractivity contribution in [3.8, 4) is 5.75 Å². The van der Waals surface area contributed by atoms with E-state index < -0.39 is 6.10 Å². The summed E-state index contributed by atoms with van der Waals surface area (Å²) in [4.78, 5) is 0. The molecule has 1 aromatic rings. The third-order valence-electron chi connectivity index (χ3n) is 3.65. The molecule has 1 aromatic carbocycles. The predicted octanol–water partition coefficient (Wildman–Crippen LogP) is 3.79. The highest BCUT2D eigenvalue weighted by molar-refractivity contribution is 5.42. The van der Waals surface area contributed by atoms with Crippen LogP contribution in [-0.4, -0.2) is 10.7 Å². The average Bonchev–Trinajstić information content (AvgIpc) is 2.26. The molecular formula is C15H22O2. The third kappa shape index (κ3) is 2.47. The standard InChI is InChI=1S/C15H22O2/c1-5-10(2)11-6-7-14-12(8-11)13(16)9-15(3,4)17-14/h6-8,10,13,16H,5,9H2,1-4H3. The third-order valence-corrected chi connectivity index (χ3v) is 3.65. The molecule has 2 rings (SSSR count). The van der Waals surface area contributed by atoms with E-state index in [0.717, 1.165) is 17.7 Å². The largest absolute Gasteiger partial charge is 0.487 e. The summed E-state index contributed by atoms with van der Waals surface area (Å²) in [5.41, 5.74) is 1.96. The Balaban J connectivity index is 2.37. The lowest BCUT2D eigenvalue weighted by Gasteiger charge is -2.35. The van der Waals surface area contributed by atoms with E-state index in [1.807, 2.05) is 19.9 Å². The zero-order chi connectivity index (χ0) is 12.6. The molecule has 0 aliphatic carbocycles. The highest BCUT2D eigenvalue weighted by Crippen LogP contribution is 2.40. The van der Waals surface area contributed by atoms with Gasteiger partial charge in [-0.1, -0.05) is 19.9 Å². The van der Waals surface area contributed by atoms with Crippen molar-refractivity contribution < 1.29 is 9.84 Å². The molecule has 1 aliphatic heterocycles. The van der Waals surface area contributed by atoms with Crippen LogP contribution in [0.2, 0.25) is 0 Å². The van der Waals surface area contributed by atoms with E-state index in [4.69, 9.17) is 4.74 Å². The molecule has 94 valence electrons. The van der Waals surface area contributed by atoms with Crippen LogP contribution in [0.5, 0.6) is 5.75 Å². The van der Waals surface area contributed by atoms with Crippen LogP contribution in [-0.2, 0) is 0 Å². The summed E-state index contributed by atoms with van der Waals surface area (Å²) in [5, 5.41) is 10.2. The number of aliphatic hydroxyl groups excluding tert-OH is 1. The van der Waals surface area contributed by atoms with Gasteiger partial charge in [-0.05, 0) is 43.9 Å². The summed E-state index contributed by atoms with van der Waals surface area (Å²) in [6, 6.07) is 6.21. The van der Waals surface area contributed by atoms with Crippen molar-refractivity contribution in [2.24, 2.45) is 0 Å². The summed E-state index contributed by atoms with van der Waals surface area (Å²) < 4.78 is 5.90. The molecule has 17 heavy (non-hydrogen) atoms. The summed E-state index contributed by atoms with van der Waals surface area (Å²) >= 11 is 0. The summed E-state index contributed by atoms with van der Waals surface area (Å²) in [5.74, 6) is 1.36. The second-order valence-electron chi connectivity index (χ2n) is 5.69. The minimum absolute atomic E-state index is 0.274. The van der Waals surface area contributed by atoms with Gasteiger partial charge in [0.25, 0.3) is 0 Å². The first-order chi connectivity index (χ1) is 7.93. The Morgan fingerprint density at radius 3 is 2.82 bits per heavy atom. The zero-order valence-electron chi connectivity index (χ0n) is 11.2. The normalized spacial score (nSPS) is 23.7. The number of hydrogen-bond acceptors (Lipinski definition) is 2. The van der Waals surface area contributed by atoms with E-state index in [1.165, 1.54) is 5.56 Å². The van der Waals surface area contributed by atoms with Gasteiger partial charge in [-0.25, -0.2) is 0 Å². The first kappa shape index (κ1) is 12.4. The van der Waals surface area contributed by atoms with Gasteiger partial charge in [-0.15, -0.1) is 0 Å². The molecule has 2 unspecified atom stereocenters. The molecule has 1 heterocycles. The molecular weight excluding hydrogens is 212 g/mol. The average molecular weight is 234 g/mol. The van der Waals surface area contributed by atoms with Crippen LogP contribution in [0.1, 0.15) is 63.7 Å². The van der Waals surface area contributed by atoms with Crippen molar-refractivity contribution in [2.45, 2.75) is 58.2 Å². The molecule has 0 radical (unpaired) electrons. The van der Waals surface area contributed by atoms with E-state index in [1.54, 1.807) is 0 Å². The number of ether oxygens (including phenoxy) is 1. The van der Waals surface area contributed by atoms with E-state index in [9.17, 15) is 5.11 Å². The Morgan fingerprint density at radius 2 is 2.18 bits per heavy atom. The maximum absolute atomic E-state index is 10.2. The second kappa shape index (κ2) is 4.34. The Morgan fingerprint density at radius 1 is 1.47 bits per heavy atom. The molecule has 2 nitrogen and oxygen atoms in total. The first-order valence-electron chi connectivity index (χ1n) is 6.44. The maximum atomic E-state index is 10.2. The van der Waals surface area contributed by atoms with Gasteiger partial charge in [-0.2, -0.15) is 0 Å². The molecule has 0 fully saturated rings. The fourth-order valence-electron chi connectivity index (χ4n) is 2.38. The predicted molar refractivity (Wildman–Crippen MR) is 69.4 cm³/mol. The van der Waals surface area contributed by atoms with Gasteiger partial charge >= 0.3 is 0 Å². The molecule has 0 amide bonds. The van der Waals surface area contributed by atoms with E-state index in [-0.39, 0.29) is 5.60 Å². The van der Waals surface area contributed by atoms with Crippen LogP contribution in [0.4, 0.5) is 0 Å². The minimum atomic E-state index is -0.405. The monoisotopic (exact) mass is 234 g/mol. The van der Waals surface area contributed by atoms with Gasteiger partial charge < -0.3 is 9.84 Å². The Bertz CT molecular complexity index is 409. The lowest BCUT2D eigenvalue weighted by atomic mass is 9.88. The van der Waals surface area contributed by atoms with Crippen LogP contribution < -0.4 is 4.74 Å². The Kier molecular flexibility index (Phi) is 3.17. The topological polar surface area (TPSA) is 29.5 Å². The maximum Gasteiger partial charge on any atom is 0.125 e. The van der Waals surface area contributed by atoms with E-state index in [2.05, 4.69) is 26.0 Å². The van der Waals surface area contributed by atoms with Gasteiger partial charge in [0.1, 0.15) is 11.4 Å². The lowest BCUT2D eigenvalue weighted by molar-refractivity contribution is 0.0115. The second-order valence-corrected chi connectivity index (χ2v) is 5.69.